The number of H-pyrrole nitrogens is 1. The Morgan fingerprint density at radius 1 is 1.16 bits per heavy atom. The monoisotopic (exact) mass is 533 g/mol. The third kappa shape index (κ3) is 5.61. The van der Waals surface area contributed by atoms with Gasteiger partial charge in [0, 0.05) is 30.2 Å². The molecule has 4 N–H and O–H groups in total. The Balaban J connectivity index is 1.38. The molecule has 1 unspecified atom stereocenters. The van der Waals surface area contributed by atoms with Crippen LogP contribution in [0.5, 0.6) is 11.6 Å². The Kier molecular flexibility index (Phi) is 6.99. The van der Waals surface area contributed by atoms with E-state index in [0.717, 1.165) is 13.0 Å². The fourth-order valence-electron chi connectivity index (χ4n) is 4.32. The molecule has 0 saturated carbocycles. The second-order valence-corrected chi connectivity index (χ2v) is 10.7. The lowest BCUT2D eigenvalue weighted by atomic mass is 10.2. The number of hydrogen-bond acceptors (Lipinski definition) is 8. The predicted molar refractivity (Wildman–Crippen MR) is 148 cm³/mol. The zero-order chi connectivity index (χ0) is 26.7. The number of nitrogens with one attached hydrogen (secondary N) is 4. The summed E-state index contributed by atoms with van der Waals surface area (Å²) in [6.07, 6.45) is 4.91. The van der Waals surface area contributed by atoms with Gasteiger partial charge in [-0.3, -0.25) is 9.10 Å². The Morgan fingerprint density at radius 3 is 2.68 bits per heavy atom. The molecule has 0 radical (unpaired) electrons. The lowest BCUT2D eigenvalue weighted by molar-refractivity contribution is -0.111. The van der Waals surface area contributed by atoms with E-state index in [4.69, 9.17) is 4.74 Å². The molecule has 1 fully saturated rings. The molecule has 1 saturated heterocycles. The van der Waals surface area contributed by atoms with Gasteiger partial charge in [-0.05, 0) is 61.5 Å². The van der Waals surface area contributed by atoms with Gasteiger partial charge in [-0.2, -0.15) is 9.97 Å². The van der Waals surface area contributed by atoms with Crippen LogP contribution < -0.4 is 25.0 Å². The molecular weight excluding hydrogens is 506 g/mol. The first kappa shape index (κ1) is 25.2. The Hall–Kier alpha value is -4.42. The van der Waals surface area contributed by atoms with Crippen molar-refractivity contribution >= 4 is 50.0 Å². The first-order valence-electron chi connectivity index (χ1n) is 11.9. The van der Waals surface area contributed by atoms with Crippen LogP contribution in [0.3, 0.4) is 0 Å². The summed E-state index contributed by atoms with van der Waals surface area (Å²) in [6, 6.07) is 15.7. The van der Waals surface area contributed by atoms with E-state index in [0.29, 0.717) is 52.2 Å². The summed E-state index contributed by atoms with van der Waals surface area (Å²) in [6.45, 7) is 4.86. The van der Waals surface area contributed by atoms with E-state index in [1.165, 1.54) is 16.6 Å². The minimum Gasteiger partial charge on any atom is -0.438 e. The molecule has 1 aliphatic rings. The fraction of sp³-hybridized carbons (Fsp3) is 0.192. The van der Waals surface area contributed by atoms with E-state index in [1.807, 2.05) is 6.07 Å². The molecule has 1 aliphatic heterocycles. The fourth-order valence-corrected chi connectivity index (χ4v) is 5.55. The number of rotatable bonds is 9. The smallest absolute Gasteiger partial charge is 0.247 e. The molecule has 1 atom stereocenters. The molecule has 38 heavy (non-hydrogen) atoms. The highest BCUT2D eigenvalue weighted by Crippen LogP contribution is 2.31. The number of carbonyl (C=O) groups excluding carboxylic acids is 1. The Bertz CT molecular complexity index is 1580. The van der Waals surface area contributed by atoms with Gasteiger partial charge in [-0.1, -0.05) is 12.6 Å². The maximum Gasteiger partial charge on any atom is 0.247 e. The Labute approximate surface area is 220 Å². The first-order valence-corrected chi connectivity index (χ1v) is 13.8. The second kappa shape index (κ2) is 10.5. The largest absolute Gasteiger partial charge is 0.438 e. The molecule has 12 heteroatoms. The standard InChI is InChI=1S/C26H27N7O4S/c1-3-23(34)29-18-5-4-6-21(15-18)37-25-22-12-14-28-24(22)31-26(32-25)30-17-7-9-19(10-8-17)33(38(2,35)36)20-11-13-27-16-20/h3-10,12,14-15,20,27H,1,11,13,16H2,2H3,(H,29,34)(H2,28,30,31,32). The number of sulfonamides is 1. The lowest BCUT2D eigenvalue weighted by Gasteiger charge is -2.28. The second-order valence-electron chi connectivity index (χ2n) is 8.79. The van der Waals surface area contributed by atoms with Crippen molar-refractivity contribution < 1.29 is 17.9 Å². The number of fused-ring (bicyclic) bond motifs is 1. The third-order valence-corrected chi connectivity index (χ3v) is 7.21. The highest BCUT2D eigenvalue weighted by Gasteiger charge is 2.29. The van der Waals surface area contributed by atoms with Crippen molar-refractivity contribution in [2.24, 2.45) is 0 Å². The summed E-state index contributed by atoms with van der Waals surface area (Å²) in [5.74, 6) is 0.762. The molecule has 0 spiro atoms. The van der Waals surface area contributed by atoms with Crippen LogP contribution in [-0.4, -0.2) is 54.7 Å². The van der Waals surface area contributed by atoms with Gasteiger partial charge < -0.3 is 25.7 Å². The van der Waals surface area contributed by atoms with E-state index in [9.17, 15) is 13.2 Å². The number of nitrogens with zero attached hydrogens (tertiary/aromatic N) is 3. The van der Waals surface area contributed by atoms with Crippen LogP contribution in [0.15, 0.2) is 73.4 Å². The van der Waals surface area contributed by atoms with E-state index < -0.39 is 10.0 Å². The van der Waals surface area contributed by atoms with Gasteiger partial charge in [0.2, 0.25) is 27.8 Å². The van der Waals surface area contributed by atoms with Gasteiger partial charge in [-0.25, -0.2) is 8.42 Å². The molecule has 196 valence electrons. The summed E-state index contributed by atoms with van der Waals surface area (Å²) < 4.78 is 32.5. The summed E-state index contributed by atoms with van der Waals surface area (Å²) in [7, 11) is -3.44. The number of aromatic amines is 1. The zero-order valence-electron chi connectivity index (χ0n) is 20.6. The molecule has 2 aromatic carbocycles. The summed E-state index contributed by atoms with van der Waals surface area (Å²) in [4.78, 5) is 23.8. The summed E-state index contributed by atoms with van der Waals surface area (Å²) in [5, 5.41) is 9.76. The third-order valence-electron chi connectivity index (χ3n) is 5.98. The summed E-state index contributed by atoms with van der Waals surface area (Å²) in [5.41, 5.74) is 2.40. The van der Waals surface area contributed by atoms with E-state index >= 15 is 0 Å². The van der Waals surface area contributed by atoms with Crippen LogP contribution in [0, 0.1) is 0 Å². The maximum atomic E-state index is 12.5. The molecule has 1 amide bonds. The number of carbonyl (C=O) groups is 1. The number of benzene rings is 2. The topological polar surface area (TPSA) is 141 Å². The lowest BCUT2D eigenvalue weighted by Crippen LogP contribution is -2.41. The van der Waals surface area contributed by atoms with Crippen molar-refractivity contribution in [1.29, 1.82) is 0 Å². The normalized spacial score (nSPS) is 15.2. The minimum absolute atomic E-state index is 0.120. The van der Waals surface area contributed by atoms with Gasteiger partial charge in [0.1, 0.15) is 11.4 Å². The average molecular weight is 534 g/mol. The number of amides is 1. The van der Waals surface area contributed by atoms with Crippen molar-refractivity contribution in [2.45, 2.75) is 12.5 Å². The highest BCUT2D eigenvalue weighted by atomic mass is 32.2. The van der Waals surface area contributed by atoms with E-state index in [2.05, 4.69) is 37.5 Å². The van der Waals surface area contributed by atoms with Crippen molar-refractivity contribution in [1.82, 2.24) is 20.3 Å². The van der Waals surface area contributed by atoms with Crippen LogP contribution in [0.25, 0.3) is 11.0 Å². The zero-order valence-corrected chi connectivity index (χ0v) is 21.5. The highest BCUT2D eigenvalue weighted by molar-refractivity contribution is 7.92. The molecule has 4 aromatic rings. The molecule has 3 heterocycles. The average Bonchev–Trinajstić information content (AvgIpc) is 3.57. The van der Waals surface area contributed by atoms with Crippen molar-refractivity contribution in [3.8, 4) is 11.6 Å². The minimum atomic E-state index is -3.44. The van der Waals surface area contributed by atoms with Crippen molar-refractivity contribution in [2.75, 3.05) is 34.3 Å². The number of ether oxygens (including phenoxy) is 1. The molecule has 0 bridgehead atoms. The van der Waals surface area contributed by atoms with Crippen molar-refractivity contribution in [3.05, 3.63) is 73.4 Å². The maximum absolute atomic E-state index is 12.5. The van der Waals surface area contributed by atoms with Gasteiger partial charge in [0.15, 0.2) is 0 Å². The first-order chi connectivity index (χ1) is 18.3. The van der Waals surface area contributed by atoms with E-state index in [-0.39, 0.29) is 11.9 Å². The van der Waals surface area contributed by atoms with Gasteiger partial charge in [-0.15, -0.1) is 0 Å². The van der Waals surface area contributed by atoms with Crippen LogP contribution >= 0.6 is 0 Å². The Morgan fingerprint density at radius 2 is 1.97 bits per heavy atom. The van der Waals surface area contributed by atoms with Gasteiger partial charge in [0.05, 0.1) is 23.4 Å². The van der Waals surface area contributed by atoms with Crippen LogP contribution in [0.1, 0.15) is 6.42 Å². The van der Waals surface area contributed by atoms with Gasteiger partial charge in [0.25, 0.3) is 0 Å². The number of aromatic nitrogens is 3. The van der Waals surface area contributed by atoms with E-state index in [1.54, 1.807) is 54.7 Å². The van der Waals surface area contributed by atoms with Crippen LogP contribution in [-0.2, 0) is 14.8 Å². The van der Waals surface area contributed by atoms with Gasteiger partial charge >= 0.3 is 0 Å². The number of hydrogen-bond donors (Lipinski definition) is 4. The summed E-state index contributed by atoms with van der Waals surface area (Å²) >= 11 is 0. The molecule has 5 rings (SSSR count). The molecule has 0 aliphatic carbocycles. The predicted octanol–water partition coefficient (Wildman–Crippen LogP) is 3.75. The van der Waals surface area contributed by atoms with Crippen LogP contribution in [0.4, 0.5) is 23.0 Å². The van der Waals surface area contributed by atoms with Crippen molar-refractivity contribution in [3.63, 3.8) is 0 Å². The molecular formula is C26H27N7O4S. The number of anilines is 4. The van der Waals surface area contributed by atoms with Crippen LogP contribution in [0.2, 0.25) is 0 Å². The quantitative estimate of drug-likeness (QED) is 0.239. The SMILES string of the molecule is C=CC(=O)Nc1cccc(Oc2nc(Nc3ccc(N(C4CCNC4)S(C)(=O)=O)cc3)nc3[nH]ccc23)c1. The molecule has 2 aromatic heterocycles. The molecule has 11 nitrogen and oxygen atoms in total.